The molecule has 4 heteroatoms. The van der Waals surface area contributed by atoms with E-state index in [0.29, 0.717) is 0 Å². The highest BCUT2D eigenvalue weighted by molar-refractivity contribution is 5.26. The zero-order chi connectivity index (χ0) is 12.5. The van der Waals surface area contributed by atoms with E-state index < -0.39 is 0 Å². The van der Waals surface area contributed by atoms with Crippen LogP contribution in [0.15, 0.2) is 25.0 Å². The molecule has 0 atom stereocenters. The third-order valence-corrected chi connectivity index (χ3v) is 2.89. The van der Waals surface area contributed by atoms with E-state index in [0.717, 1.165) is 45.1 Å². The molecule has 1 aromatic heterocycles. The second kappa shape index (κ2) is 7.90. The zero-order valence-corrected chi connectivity index (χ0v) is 11.0. The van der Waals surface area contributed by atoms with Crippen molar-refractivity contribution in [3.05, 3.63) is 25.0 Å². The molecule has 0 aliphatic rings. The highest BCUT2D eigenvalue weighted by atomic mass is 15.2. The summed E-state index contributed by atoms with van der Waals surface area (Å²) in [7, 11) is 0. The molecule has 1 heterocycles. The van der Waals surface area contributed by atoms with Gasteiger partial charge in [0.15, 0.2) is 0 Å². The smallest absolute Gasteiger partial charge is 0.203 e. The maximum atomic E-state index is 4.28. The van der Waals surface area contributed by atoms with Crippen LogP contribution >= 0.6 is 0 Å². The lowest BCUT2D eigenvalue weighted by atomic mass is 10.3. The summed E-state index contributed by atoms with van der Waals surface area (Å²) in [4.78, 5) is 6.72. The number of hydrogen-bond donors (Lipinski definition) is 1. The normalized spacial score (nSPS) is 10.8. The SMILES string of the molecule is C=CCNc1nccn1CCCN(CC)CC. The van der Waals surface area contributed by atoms with Crippen molar-refractivity contribution in [2.24, 2.45) is 0 Å². The Morgan fingerprint density at radius 3 is 2.88 bits per heavy atom. The number of nitrogens with zero attached hydrogens (tertiary/aromatic N) is 3. The number of imidazole rings is 1. The number of aryl methyl sites for hydroxylation is 1. The number of anilines is 1. The molecule has 0 saturated carbocycles. The Hall–Kier alpha value is -1.29. The maximum Gasteiger partial charge on any atom is 0.203 e. The summed E-state index contributed by atoms with van der Waals surface area (Å²) in [6.07, 6.45) is 6.85. The molecule has 0 fully saturated rings. The van der Waals surface area contributed by atoms with Crippen LogP contribution in [0.1, 0.15) is 20.3 Å². The van der Waals surface area contributed by atoms with Gasteiger partial charge < -0.3 is 14.8 Å². The van der Waals surface area contributed by atoms with E-state index >= 15 is 0 Å². The monoisotopic (exact) mass is 236 g/mol. The van der Waals surface area contributed by atoms with E-state index in [1.807, 2.05) is 18.5 Å². The molecular formula is C13H24N4. The van der Waals surface area contributed by atoms with Crippen LogP contribution < -0.4 is 5.32 Å². The molecule has 0 aliphatic heterocycles. The first-order chi connectivity index (χ1) is 8.31. The predicted molar refractivity (Wildman–Crippen MR) is 73.3 cm³/mol. The van der Waals surface area contributed by atoms with Crippen LogP contribution in [0.2, 0.25) is 0 Å². The first kappa shape index (κ1) is 13.8. The summed E-state index contributed by atoms with van der Waals surface area (Å²) in [6, 6.07) is 0. The zero-order valence-electron chi connectivity index (χ0n) is 11.0. The fourth-order valence-electron chi connectivity index (χ4n) is 1.82. The van der Waals surface area contributed by atoms with E-state index in [-0.39, 0.29) is 0 Å². The largest absolute Gasteiger partial charge is 0.352 e. The Labute approximate surface area is 104 Å². The van der Waals surface area contributed by atoms with Crippen LogP contribution in [0.3, 0.4) is 0 Å². The van der Waals surface area contributed by atoms with Crippen LogP contribution in [-0.4, -0.2) is 40.6 Å². The van der Waals surface area contributed by atoms with Crippen LogP contribution in [0, 0.1) is 0 Å². The van der Waals surface area contributed by atoms with Gasteiger partial charge in [-0.25, -0.2) is 4.98 Å². The lowest BCUT2D eigenvalue weighted by Gasteiger charge is -2.18. The summed E-state index contributed by atoms with van der Waals surface area (Å²) >= 11 is 0. The highest BCUT2D eigenvalue weighted by Gasteiger charge is 2.02. The Morgan fingerprint density at radius 2 is 2.24 bits per heavy atom. The molecule has 1 aromatic rings. The van der Waals surface area contributed by atoms with Crippen molar-refractivity contribution in [2.75, 3.05) is 31.5 Å². The van der Waals surface area contributed by atoms with Crippen LogP contribution in [0.4, 0.5) is 5.95 Å². The summed E-state index contributed by atoms with van der Waals surface area (Å²) < 4.78 is 2.16. The second-order valence-corrected chi connectivity index (χ2v) is 3.99. The van der Waals surface area contributed by atoms with Gasteiger partial charge in [-0.15, -0.1) is 6.58 Å². The quantitative estimate of drug-likeness (QED) is 0.667. The fourth-order valence-corrected chi connectivity index (χ4v) is 1.82. The first-order valence-electron chi connectivity index (χ1n) is 6.40. The van der Waals surface area contributed by atoms with Crippen molar-refractivity contribution in [1.29, 1.82) is 0 Å². The molecule has 4 nitrogen and oxygen atoms in total. The number of aromatic nitrogens is 2. The third-order valence-electron chi connectivity index (χ3n) is 2.89. The summed E-state index contributed by atoms with van der Waals surface area (Å²) in [5, 5.41) is 3.23. The Bertz CT molecular complexity index is 315. The van der Waals surface area contributed by atoms with Gasteiger partial charge in [0.1, 0.15) is 0 Å². The van der Waals surface area contributed by atoms with Crippen LogP contribution in [-0.2, 0) is 6.54 Å². The summed E-state index contributed by atoms with van der Waals surface area (Å²) in [5.41, 5.74) is 0. The molecular weight excluding hydrogens is 212 g/mol. The minimum absolute atomic E-state index is 0.757. The number of hydrogen-bond acceptors (Lipinski definition) is 3. The molecule has 0 spiro atoms. The highest BCUT2D eigenvalue weighted by Crippen LogP contribution is 2.05. The van der Waals surface area contributed by atoms with E-state index in [1.54, 1.807) is 0 Å². The first-order valence-corrected chi connectivity index (χ1v) is 6.40. The van der Waals surface area contributed by atoms with Gasteiger partial charge >= 0.3 is 0 Å². The van der Waals surface area contributed by atoms with Crippen molar-refractivity contribution < 1.29 is 0 Å². The third kappa shape index (κ3) is 4.61. The fraction of sp³-hybridized carbons (Fsp3) is 0.615. The minimum atomic E-state index is 0.757. The van der Waals surface area contributed by atoms with Gasteiger partial charge in [-0.3, -0.25) is 0 Å². The summed E-state index contributed by atoms with van der Waals surface area (Å²) in [6.45, 7) is 13.3. The molecule has 1 N–H and O–H groups in total. The lowest BCUT2D eigenvalue weighted by Crippen LogP contribution is -2.25. The van der Waals surface area contributed by atoms with Gasteiger partial charge in [-0.05, 0) is 26.1 Å². The molecule has 0 amide bonds. The molecule has 96 valence electrons. The van der Waals surface area contributed by atoms with E-state index in [2.05, 4.69) is 40.2 Å². The van der Waals surface area contributed by atoms with Crippen molar-refractivity contribution in [3.8, 4) is 0 Å². The Balaban J connectivity index is 2.35. The van der Waals surface area contributed by atoms with Crippen molar-refractivity contribution in [2.45, 2.75) is 26.8 Å². The average molecular weight is 236 g/mol. The van der Waals surface area contributed by atoms with Crippen molar-refractivity contribution in [1.82, 2.24) is 14.5 Å². The molecule has 1 rings (SSSR count). The molecule has 0 bridgehead atoms. The topological polar surface area (TPSA) is 33.1 Å². The lowest BCUT2D eigenvalue weighted by molar-refractivity contribution is 0.293. The maximum absolute atomic E-state index is 4.28. The van der Waals surface area contributed by atoms with E-state index in [4.69, 9.17) is 0 Å². The van der Waals surface area contributed by atoms with Gasteiger partial charge in [0.2, 0.25) is 5.95 Å². The molecule has 0 unspecified atom stereocenters. The molecule has 17 heavy (non-hydrogen) atoms. The van der Waals surface area contributed by atoms with Crippen LogP contribution in [0.25, 0.3) is 0 Å². The van der Waals surface area contributed by atoms with Gasteiger partial charge in [0.05, 0.1) is 0 Å². The summed E-state index contributed by atoms with van der Waals surface area (Å²) in [5.74, 6) is 0.935. The minimum Gasteiger partial charge on any atom is -0.352 e. The van der Waals surface area contributed by atoms with Crippen molar-refractivity contribution in [3.63, 3.8) is 0 Å². The molecule has 0 aliphatic carbocycles. The van der Waals surface area contributed by atoms with Gasteiger partial charge in [-0.2, -0.15) is 0 Å². The average Bonchev–Trinajstić information content (AvgIpc) is 2.79. The molecule has 0 saturated heterocycles. The van der Waals surface area contributed by atoms with E-state index in [1.165, 1.54) is 0 Å². The number of rotatable bonds is 9. The second-order valence-electron chi connectivity index (χ2n) is 3.99. The van der Waals surface area contributed by atoms with E-state index in [9.17, 15) is 0 Å². The number of nitrogens with one attached hydrogen (secondary N) is 1. The molecule has 0 radical (unpaired) electrons. The predicted octanol–water partition coefficient (Wildman–Crippen LogP) is 2.21. The van der Waals surface area contributed by atoms with Gasteiger partial charge in [0.25, 0.3) is 0 Å². The Kier molecular flexibility index (Phi) is 6.40. The van der Waals surface area contributed by atoms with Gasteiger partial charge in [0, 0.05) is 25.5 Å². The van der Waals surface area contributed by atoms with Crippen molar-refractivity contribution >= 4 is 5.95 Å². The van der Waals surface area contributed by atoms with Crippen LogP contribution in [0.5, 0.6) is 0 Å². The standard InChI is InChI=1S/C13H24N4/c1-4-8-14-13-15-9-12-17(13)11-7-10-16(5-2)6-3/h4,9,12H,1,5-8,10-11H2,2-3H3,(H,14,15). The van der Waals surface area contributed by atoms with Gasteiger partial charge in [-0.1, -0.05) is 19.9 Å². The molecule has 0 aromatic carbocycles. The Morgan fingerprint density at radius 1 is 1.47 bits per heavy atom.